The number of benzene rings is 1. The Labute approximate surface area is 119 Å². The Hall–Kier alpha value is -0.862. The van der Waals surface area contributed by atoms with Crippen LogP contribution in [0, 0.1) is 37.8 Å². The van der Waals surface area contributed by atoms with Crippen LogP contribution in [0.15, 0.2) is 0 Å². The van der Waals surface area contributed by atoms with Crippen LogP contribution >= 0.6 is 0 Å². The fourth-order valence-corrected chi connectivity index (χ4v) is 2.90. The van der Waals surface area contributed by atoms with Gasteiger partial charge in [0, 0.05) is 0 Å². The maximum absolute atomic E-state index is 11.4. The van der Waals surface area contributed by atoms with Crippen molar-refractivity contribution < 1.29 is 24.3 Å². The Morgan fingerprint density at radius 3 is 1.89 bits per heavy atom. The molecule has 1 aromatic carbocycles. The van der Waals surface area contributed by atoms with Crippen molar-refractivity contribution in [1.29, 1.82) is 0 Å². The fraction of sp³-hybridized carbons (Fsp3) is 0.462. The summed E-state index contributed by atoms with van der Waals surface area (Å²) in [6, 6.07) is 0. The normalized spacial score (nSPS) is 10.8. The Kier molecular flexibility index (Phi) is 4.57. The van der Waals surface area contributed by atoms with Gasteiger partial charge in [0.25, 0.3) is 0 Å². The van der Waals surface area contributed by atoms with E-state index in [0.717, 1.165) is 31.8 Å². The molecular formula is C13H18N2O2W. The van der Waals surface area contributed by atoms with Crippen LogP contribution in [-0.2, 0) is 19.4 Å². The molecule has 0 unspecified atom stereocenters. The van der Waals surface area contributed by atoms with E-state index in [4.69, 9.17) is 0 Å². The molecule has 1 aromatic rings. The van der Waals surface area contributed by atoms with E-state index in [1.54, 1.807) is 0 Å². The van der Waals surface area contributed by atoms with Gasteiger partial charge in [0.05, 0.1) is 0 Å². The molecule has 4 nitrogen and oxygen atoms in total. The quantitative estimate of drug-likeness (QED) is 0.560. The van der Waals surface area contributed by atoms with Gasteiger partial charge in [0.1, 0.15) is 0 Å². The third-order valence-corrected chi connectivity index (χ3v) is 5.50. The van der Waals surface area contributed by atoms with Crippen molar-refractivity contribution in [3.8, 4) is 0 Å². The maximum atomic E-state index is 11.4. The van der Waals surface area contributed by atoms with Crippen LogP contribution in [-0.4, -0.2) is 27.9 Å². The first-order chi connectivity index (χ1) is 8.20. The Morgan fingerprint density at radius 2 is 1.50 bits per heavy atom. The summed E-state index contributed by atoms with van der Waals surface area (Å²) < 4.78 is 1.01. The van der Waals surface area contributed by atoms with Gasteiger partial charge in [-0.25, -0.2) is 0 Å². The topological polar surface area (TPSA) is 46.4 Å². The third kappa shape index (κ3) is 2.45. The Morgan fingerprint density at radius 1 is 1.06 bits per heavy atom. The molecule has 98 valence electrons. The van der Waals surface area contributed by atoms with Crippen molar-refractivity contribution in [2.45, 2.75) is 27.7 Å². The van der Waals surface area contributed by atoms with E-state index < -0.39 is 0 Å². The first-order valence-corrected chi connectivity index (χ1v) is 7.13. The molecule has 0 heterocycles. The number of nitro benzene ring substituents is 1. The van der Waals surface area contributed by atoms with Crippen molar-refractivity contribution in [2.75, 3.05) is 14.1 Å². The first kappa shape index (κ1) is 15.2. The molecule has 0 saturated heterocycles. The van der Waals surface area contributed by atoms with E-state index in [-0.39, 0.29) is 10.6 Å². The molecule has 0 aromatic heterocycles. The summed E-state index contributed by atoms with van der Waals surface area (Å²) in [5, 5.41) is 11.4. The fourth-order valence-electron chi connectivity index (χ4n) is 2.01. The van der Waals surface area contributed by atoms with E-state index in [9.17, 15) is 10.1 Å². The summed E-state index contributed by atoms with van der Waals surface area (Å²) in [4.78, 5) is 13.1. The van der Waals surface area contributed by atoms with E-state index >= 15 is 0 Å². The van der Waals surface area contributed by atoms with Crippen molar-refractivity contribution in [1.82, 2.24) is 4.90 Å². The predicted molar refractivity (Wildman–Crippen MR) is 69.8 cm³/mol. The monoisotopic (exact) mass is 418 g/mol. The molecular weight excluding hydrogens is 400 g/mol. The first-order valence-electron chi connectivity index (χ1n) is 5.66. The zero-order valence-corrected chi connectivity index (χ0v) is 14.6. The molecule has 18 heavy (non-hydrogen) atoms. The van der Waals surface area contributed by atoms with Crippen LogP contribution in [0.3, 0.4) is 0 Å². The Balaban J connectivity index is 3.78. The number of hydrogen-bond acceptors (Lipinski definition) is 3. The van der Waals surface area contributed by atoms with Gasteiger partial charge >= 0.3 is 119 Å². The second-order valence-electron chi connectivity index (χ2n) is 4.68. The van der Waals surface area contributed by atoms with Gasteiger partial charge in [-0.15, -0.1) is 0 Å². The van der Waals surface area contributed by atoms with Crippen molar-refractivity contribution in [3.63, 3.8) is 0 Å². The van der Waals surface area contributed by atoms with Gasteiger partial charge in [-0.1, -0.05) is 0 Å². The SMILES string of the molecule is Cc1c(C)c(C)c([N+](=O)[O-])c([C](=[W])N(C)C)c1C. The number of hydrogen-bond donors (Lipinski definition) is 0. The summed E-state index contributed by atoms with van der Waals surface area (Å²) in [5.74, 6) is 0. The molecule has 0 fully saturated rings. The van der Waals surface area contributed by atoms with Crippen LogP contribution in [0.25, 0.3) is 0 Å². The van der Waals surface area contributed by atoms with Crippen LogP contribution in [0.4, 0.5) is 5.69 Å². The minimum atomic E-state index is -0.253. The van der Waals surface area contributed by atoms with Gasteiger partial charge in [-0.05, 0) is 0 Å². The van der Waals surface area contributed by atoms with E-state index in [0.29, 0.717) is 0 Å². The second kappa shape index (κ2) is 5.41. The zero-order valence-electron chi connectivity index (χ0n) is 11.6. The zero-order chi connectivity index (χ0) is 14.2. The van der Waals surface area contributed by atoms with Crippen LogP contribution in [0.5, 0.6) is 0 Å². The second-order valence-corrected chi connectivity index (χ2v) is 6.07. The molecule has 0 atom stereocenters. The number of nitrogens with zero attached hydrogens (tertiary/aromatic N) is 2. The minimum absolute atomic E-state index is 0.253. The van der Waals surface area contributed by atoms with E-state index in [2.05, 4.69) is 0 Å². The molecule has 0 radical (unpaired) electrons. The van der Waals surface area contributed by atoms with Gasteiger partial charge in [-0.2, -0.15) is 0 Å². The van der Waals surface area contributed by atoms with Gasteiger partial charge < -0.3 is 0 Å². The number of nitro groups is 1. The molecule has 0 aliphatic heterocycles. The van der Waals surface area contributed by atoms with Crippen LogP contribution in [0.2, 0.25) is 0 Å². The predicted octanol–water partition coefficient (Wildman–Crippen LogP) is 2.41. The van der Waals surface area contributed by atoms with Gasteiger partial charge in [-0.3, -0.25) is 0 Å². The molecule has 0 spiro atoms. The summed E-state index contributed by atoms with van der Waals surface area (Å²) in [7, 11) is 3.85. The van der Waals surface area contributed by atoms with Crippen LogP contribution < -0.4 is 0 Å². The molecule has 0 amide bonds. The molecule has 0 saturated carbocycles. The Bertz CT molecular complexity index is 537. The number of rotatable bonds is 3. The van der Waals surface area contributed by atoms with Crippen molar-refractivity contribution >= 4 is 9.71 Å². The molecule has 0 N–H and O–H groups in total. The summed E-state index contributed by atoms with van der Waals surface area (Å²) in [5.41, 5.74) is 5.01. The van der Waals surface area contributed by atoms with Crippen LogP contribution in [0.1, 0.15) is 27.8 Å². The third-order valence-electron chi connectivity index (χ3n) is 3.46. The molecule has 5 heteroatoms. The van der Waals surface area contributed by atoms with Crippen molar-refractivity contribution in [2.24, 2.45) is 0 Å². The van der Waals surface area contributed by atoms with E-state index in [1.165, 1.54) is 19.4 Å². The molecule has 0 aliphatic rings. The average Bonchev–Trinajstić information content (AvgIpc) is 2.29. The molecule has 0 bridgehead atoms. The molecule has 1 rings (SSSR count). The molecule has 0 aliphatic carbocycles. The van der Waals surface area contributed by atoms with Gasteiger partial charge in [0.2, 0.25) is 0 Å². The summed E-state index contributed by atoms with van der Waals surface area (Å²) in [6.07, 6.45) is 0. The summed E-state index contributed by atoms with van der Waals surface area (Å²) in [6.45, 7) is 7.79. The standard InChI is InChI=1S/C13H18N2O2.W/c1-8-9(2)11(4)13(15(16)17)12(10(8)3)7-14(5)6;/h1-6H3;. The summed E-state index contributed by atoms with van der Waals surface area (Å²) >= 11 is 1.24. The van der Waals surface area contributed by atoms with E-state index in [1.807, 2.05) is 46.7 Å². The van der Waals surface area contributed by atoms with Gasteiger partial charge in [0.15, 0.2) is 0 Å². The average molecular weight is 418 g/mol. The van der Waals surface area contributed by atoms with Crippen molar-refractivity contribution in [3.05, 3.63) is 37.9 Å².